The quantitative estimate of drug-likeness (QED) is 0.563. The maximum Gasteiger partial charge on any atom is 0.276 e. The van der Waals surface area contributed by atoms with Gasteiger partial charge in [-0.15, -0.1) is 0 Å². The first-order valence-electron chi connectivity index (χ1n) is 6.43. The fraction of sp³-hybridized carbons (Fsp3) is 0.0667. The number of anilines is 1. The molecule has 0 aliphatic carbocycles. The molecule has 5 nitrogen and oxygen atoms in total. The van der Waals surface area contributed by atoms with Crippen molar-refractivity contribution in [2.24, 2.45) is 0 Å². The molecule has 0 spiro atoms. The maximum absolute atomic E-state index is 11.6. The predicted octanol–water partition coefficient (Wildman–Crippen LogP) is 2.85. The highest BCUT2D eigenvalue weighted by Gasteiger charge is 2.03. The van der Waals surface area contributed by atoms with E-state index < -0.39 is 0 Å². The van der Waals surface area contributed by atoms with E-state index in [0.29, 0.717) is 10.9 Å². The van der Waals surface area contributed by atoms with E-state index in [1.54, 1.807) is 12.1 Å². The Morgan fingerprint density at radius 2 is 1.73 bits per heavy atom. The number of nitrogens with one attached hydrogen (secondary N) is 3. The molecule has 0 heterocycles. The number of rotatable bonds is 4. The summed E-state index contributed by atoms with van der Waals surface area (Å²) in [5, 5.41) is 3.23. The lowest BCUT2D eigenvalue weighted by molar-refractivity contribution is -0.123. The first-order chi connectivity index (χ1) is 10.6. The van der Waals surface area contributed by atoms with E-state index in [1.165, 1.54) is 0 Å². The number of hydrazine groups is 1. The molecule has 0 saturated carbocycles. The third-order valence-electron chi connectivity index (χ3n) is 2.53. The summed E-state index contributed by atoms with van der Waals surface area (Å²) < 4.78 is 6.28. The third kappa shape index (κ3) is 5.71. The van der Waals surface area contributed by atoms with Gasteiger partial charge in [-0.1, -0.05) is 34.1 Å². The van der Waals surface area contributed by atoms with Gasteiger partial charge in [0, 0.05) is 10.2 Å². The van der Waals surface area contributed by atoms with Crippen molar-refractivity contribution in [2.45, 2.75) is 0 Å². The molecule has 22 heavy (non-hydrogen) atoms. The van der Waals surface area contributed by atoms with E-state index in [-0.39, 0.29) is 12.5 Å². The minimum atomic E-state index is -0.333. The van der Waals surface area contributed by atoms with E-state index in [1.807, 2.05) is 42.5 Å². The number of hydrogen-bond donors (Lipinski definition) is 3. The fourth-order valence-electron chi connectivity index (χ4n) is 1.53. The van der Waals surface area contributed by atoms with Crippen LogP contribution in [0.25, 0.3) is 0 Å². The minimum Gasteiger partial charge on any atom is -0.484 e. The monoisotopic (exact) mass is 379 g/mol. The maximum atomic E-state index is 11.6. The average Bonchev–Trinajstić information content (AvgIpc) is 2.53. The predicted molar refractivity (Wildman–Crippen MR) is 93.6 cm³/mol. The van der Waals surface area contributed by atoms with Crippen LogP contribution in [0.3, 0.4) is 0 Å². The van der Waals surface area contributed by atoms with Crippen molar-refractivity contribution >= 4 is 44.9 Å². The van der Waals surface area contributed by atoms with Gasteiger partial charge in [0.1, 0.15) is 5.75 Å². The van der Waals surface area contributed by atoms with Crippen molar-refractivity contribution in [1.29, 1.82) is 0 Å². The van der Waals surface area contributed by atoms with E-state index in [4.69, 9.17) is 17.0 Å². The molecule has 0 radical (unpaired) electrons. The van der Waals surface area contributed by atoms with Crippen molar-refractivity contribution in [2.75, 3.05) is 11.9 Å². The highest BCUT2D eigenvalue weighted by molar-refractivity contribution is 9.10. The molecule has 0 saturated heterocycles. The number of thiocarbonyl (C=S) groups is 1. The molecule has 0 aromatic heterocycles. The van der Waals surface area contributed by atoms with Crippen LogP contribution in [0.4, 0.5) is 5.69 Å². The van der Waals surface area contributed by atoms with Crippen molar-refractivity contribution in [3.8, 4) is 5.75 Å². The van der Waals surface area contributed by atoms with Crippen LogP contribution >= 0.6 is 28.1 Å². The molecule has 0 bridgehead atoms. The van der Waals surface area contributed by atoms with E-state index >= 15 is 0 Å². The summed E-state index contributed by atoms with van der Waals surface area (Å²) in [6.07, 6.45) is 0. The van der Waals surface area contributed by atoms with Crippen LogP contribution in [0, 0.1) is 0 Å². The summed E-state index contributed by atoms with van der Waals surface area (Å²) in [4.78, 5) is 11.6. The standard InChI is InChI=1S/C15H14BrN3O2S/c16-11-6-8-13(9-7-11)21-10-14(20)18-19-15(22)17-12-4-2-1-3-5-12/h1-9H,10H2,(H,18,20)(H2,17,19,22). The van der Waals surface area contributed by atoms with Crippen molar-refractivity contribution in [3.63, 3.8) is 0 Å². The molecule has 0 fully saturated rings. The summed E-state index contributed by atoms with van der Waals surface area (Å²) in [7, 11) is 0. The molecule has 3 N–H and O–H groups in total. The minimum absolute atomic E-state index is 0.109. The molecule has 0 atom stereocenters. The Morgan fingerprint density at radius 3 is 2.41 bits per heavy atom. The third-order valence-corrected chi connectivity index (χ3v) is 3.26. The molecule has 0 aliphatic heterocycles. The molecule has 2 rings (SSSR count). The van der Waals surface area contributed by atoms with Gasteiger partial charge >= 0.3 is 0 Å². The van der Waals surface area contributed by atoms with Crippen molar-refractivity contribution in [3.05, 3.63) is 59.1 Å². The number of ether oxygens (including phenoxy) is 1. The molecule has 0 aliphatic rings. The van der Waals surface area contributed by atoms with Gasteiger partial charge in [-0.2, -0.15) is 0 Å². The first-order valence-corrected chi connectivity index (χ1v) is 7.63. The Balaban J connectivity index is 1.69. The Hall–Kier alpha value is -2.12. The first kappa shape index (κ1) is 16.3. The average molecular weight is 380 g/mol. The lowest BCUT2D eigenvalue weighted by Crippen LogP contribution is -2.45. The smallest absolute Gasteiger partial charge is 0.276 e. The van der Waals surface area contributed by atoms with Gasteiger partial charge in [-0.3, -0.25) is 15.6 Å². The normalized spacial score (nSPS) is 9.68. The van der Waals surface area contributed by atoms with Crippen LogP contribution in [0.15, 0.2) is 59.1 Å². The van der Waals surface area contributed by atoms with Crippen LogP contribution < -0.4 is 20.9 Å². The van der Waals surface area contributed by atoms with Crippen LogP contribution in [-0.4, -0.2) is 17.6 Å². The molecular weight excluding hydrogens is 366 g/mol. The van der Waals surface area contributed by atoms with E-state index in [2.05, 4.69) is 32.1 Å². The number of halogens is 1. The second-order valence-electron chi connectivity index (χ2n) is 4.24. The Labute approximate surface area is 142 Å². The van der Waals surface area contributed by atoms with Crippen LogP contribution in [0.2, 0.25) is 0 Å². The Morgan fingerprint density at radius 1 is 1.05 bits per heavy atom. The molecule has 1 amide bonds. The number of amides is 1. The van der Waals surface area contributed by atoms with E-state index in [9.17, 15) is 4.79 Å². The molecule has 114 valence electrons. The molecule has 7 heteroatoms. The molecule has 0 unspecified atom stereocenters. The van der Waals surface area contributed by atoms with Crippen molar-refractivity contribution in [1.82, 2.24) is 10.9 Å². The molecule has 2 aromatic carbocycles. The summed E-state index contributed by atoms with van der Waals surface area (Å²) in [6, 6.07) is 16.6. The van der Waals surface area contributed by atoms with Gasteiger partial charge in [0.15, 0.2) is 11.7 Å². The highest BCUT2D eigenvalue weighted by atomic mass is 79.9. The van der Waals surface area contributed by atoms with Crippen molar-refractivity contribution < 1.29 is 9.53 Å². The number of hydrogen-bond acceptors (Lipinski definition) is 3. The number of carbonyl (C=O) groups excluding carboxylic acids is 1. The molecular formula is C15H14BrN3O2S. The van der Waals surface area contributed by atoms with Crippen LogP contribution in [0.5, 0.6) is 5.75 Å². The largest absolute Gasteiger partial charge is 0.484 e. The van der Waals surface area contributed by atoms with Gasteiger partial charge < -0.3 is 10.1 Å². The lowest BCUT2D eigenvalue weighted by atomic mass is 10.3. The van der Waals surface area contributed by atoms with E-state index in [0.717, 1.165) is 10.2 Å². The second kappa shape index (κ2) is 8.35. The van der Waals surface area contributed by atoms with Gasteiger partial charge in [-0.25, -0.2) is 0 Å². The lowest BCUT2D eigenvalue weighted by Gasteiger charge is -2.12. The van der Waals surface area contributed by atoms with Gasteiger partial charge in [0.2, 0.25) is 0 Å². The zero-order chi connectivity index (χ0) is 15.8. The fourth-order valence-corrected chi connectivity index (χ4v) is 1.96. The summed E-state index contributed by atoms with van der Waals surface area (Å²) >= 11 is 8.39. The Kier molecular flexibility index (Phi) is 6.17. The summed E-state index contributed by atoms with van der Waals surface area (Å²) in [5.74, 6) is 0.281. The number of carbonyl (C=O) groups is 1. The Bertz CT molecular complexity index is 635. The number of para-hydroxylation sites is 1. The number of benzene rings is 2. The zero-order valence-corrected chi connectivity index (χ0v) is 13.9. The summed E-state index contributed by atoms with van der Waals surface area (Å²) in [6.45, 7) is -0.109. The van der Waals surface area contributed by atoms with Crippen LogP contribution in [0.1, 0.15) is 0 Å². The van der Waals surface area contributed by atoms with Gasteiger partial charge in [0.05, 0.1) is 0 Å². The molecule has 2 aromatic rings. The van der Waals surface area contributed by atoms with Gasteiger partial charge in [-0.05, 0) is 48.6 Å². The highest BCUT2D eigenvalue weighted by Crippen LogP contribution is 2.15. The van der Waals surface area contributed by atoms with Gasteiger partial charge in [0.25, 0.3) is 5.91 Å². The topological polar surface area (TPSA) is 62.4 Å². The SMILES string of the molecule is O=C(COc1ccc(Br)cc1)NNC(=S)Nc1ccccc1. The second-order valence-corrected chi connectivity index (χ2v) is 5.56. The summed E-state index contributed by atoms with van der Waals surface area (Å²) in [5.41, 5.74) is 5.90. The van der Waals surface area contributed by atoms with Crippen LogP contribution in [-0.2, 0) is 4.79 Å². The zero-order valence-electron chi connectivity index (χ0n) is 11.5.